The quantitative estimate of drug-likeness (QED) is 0.0100. The van der Waals surface area contributed by atoms with Gasteiger partial charge in [0.15, 0.2) is 11.5 Å². The van der Waals surface area contributed by atoms with Crippen LogP contribution < -0.4 is 22.5 Å². The monoisotopic (exact) mass is 864 g/mol. The summed E-state index contributed by atoms with van der Waals surface area (Å²) in [5, 5.41) is 12.5. The number of nitrogens with one attached hydrogen (secondary N) is 1. The van der Waals surface area contributed by atoms with Crippen molar-refractivity contribution in [3.63, 3.8) is 0 Å². The summed E-state index contributed by atoms with van der Waals surface area (Å²) in [7, 11) is 4.19. The molecular formula is C50H99N6O5+. The first-order valence-corrected chi connectivity index (χ1v) is 25.2. The van der Waals surface area contributed by atoms with Gasteiger partial charge in [0, 0.05) is 19.8 Å². The maximum atomic E-state index is 13.0. The first-order valence-electron chi connectivity index (χ1n) is 25.2. The number of likely N-dealkylation sites (N-methyl/N-ethyl adjacent to an activating group) is 1. The van der Waals surface area contributed by atoms with Crippen molar-refractivity contribution in [3.8, 4) is 0 Å². The van der Waals surface area contributed by atoms with E-state index in [1.165, 1.54) is 161 Å². The molecule has 0 heterocycles. The third-order valence-electron chi connectivity index (χ3n) is 11.6. The Morgan fingerprint density at radius 2 is 1.08 bits per heavy atom. The molecule has 0 fully saturated rings. The minimum Gasteiger partial charge on any atom is -0.479 e. The molecule has 0 aromatic rings. The molecule has 358 valence electrons. The number of aliphatic imine (C=N–C) groups is 1. The zero-order valence-corrected chi connectivity index (χ0v) is 40.3. The third kappa shape index (κ3) is 37.8. The first-order chi connectivity index (χ1) is 29.5. The van der Waals surface area contributed by atoms with Crippen molar-refractivity contribution in [1.29, 1.82) is 0 Å². The highest BCUT2D eigenvalue weighted by Crippen LogP contribution is 2.15. The topological polar surface area (TPSA) is 175 Å². The summed E-state index contributed by atoms with van der Waals surface area (Å²) in [5.74, 6) is -2.17. The molecule has 11 heteroatoms. The number of hydrogen-bond acceptors (Lipinski definition) is 6. The molecule has 0 bridgehead atoms. The van der Waals surface area contributed by atoms with E-state index in [4.69, 9.17) is 26.7 Å². The second-order valence-electron chi connectivity index (χ2n) is 18.2. The van der Waals surface area contributed by atoms with Crippen LogP contribution in [0.4, 0.5) is 0 Å². The van der Waals surface area contributed by atoms with Gasteiger partial charge in [-0.05, 0) is 77.0 Å². The Labute approximate surface area is 375 Å². The van der Waals surface area contributed by atoms with Gasteiger partial charge < -0.3 is 41.6 Å². The number of nitrogens with two attached hydrogens (primary N) is 3. The Morgan fingerprint density at radius 1 is 0.656 bits per heavy atom. The SMILES string of the molecule is CCCCCCCC/C=C\CCCCCCCCOCC(C[N+](C)(C)CCNC(=O)C(N)(CCCN=C(N)N)C(=O)O)OCCCCCCCC/C=C\CCCCCCCC. The lowest BCUT2D eigenvalue weighted by molar-refractivity contribution is -0.892. The summed E-state index contributed by atoms with van der Waals surface area (Å²) in [4.78, 5) is 28.8. The molecule has 61 heavy (non-hydrogen) atoms. The fraction of sp³-hybridized carbons (Fsp3) is 0.860. The lowest BCUT2D eigenvalue weighted by atomic mass is 9.93. The number of allylic oxidation sites excluding steroid dienone is 4. The number of hydrogen-bond donors (Lipinski definition) is 5. The lowest BCUT2D eigenvalue weighted by Gasteiger charge is -2.34. The molecule has 11 nitrogen and oxygen atoms in total. The predicted octanol–water partition coefficient (Wildman–Crippen LogP) is 10.5. The van der Waals surface area contributed by atoms with Crippen LogP contribution in [0.25, 0.3) is 0 Å². The molecule has 0 saturated carbocycles. The molecule has 0 aromatic heterocycles. The van der Waals surface area contributed by atoms with E-state index < -0.39 is 17.4 Å². The second-order valence-corrected chi connectivity index (χ2v) is 18.2. The van der Waals surface area contributed by atoms with E-state index in [9.17, 15) is 14.7 Å². The zero-order valence-electron chi connectivity index (χ0n) is 40.3. The Kier molecular flexibility index (Phi) is 39.9. The van der Waals surface area contributed by atoms with Crippen molar-refractivity contribution < 1.29 is 28.7 Å². The molecule has 0 radical (unpaired) electrons. The number of carbonyl (C=O) groups is 2. The van der Waals surface area contributed by atoms with E-state index in [1.807, 2.05) is 0 Å². The molecule has 0 saturated heterocycles. The van der Waals surface area contributed by atoms with Crippen molar-refractivity contribution >= 4 is 17.8 Å². The Bertz CT molecular complexity index is 1110. The number of carbonyl (C=O) groups excluding carboxylic acids is 1. The number of rotatable bonds is 46. The van der Waals surface area contributed by atoms with Crippen molar-refractivity contribution in [2.75, 3.05) is 60.1 Å². The summed E-state index contributed by atoms with van der Waals surface area (Å²) in [6.45, 7) is 8.28. The van der Waals surface area contributed by atoms with Crippen LogP contribution in [0, 0.1) is 0 Å². The maximum absolute atomic E-state index is 13.0. The molecule has 0 aliphatic heterocycles. The number of amides is 1. The maximum Gasteiger partial charge on any atom is 0.333 e. The number of ether oxygens (including phenoxy) is 2. The number of carboxylic acids is 1. The molecular weight excluding hydrogens is 765 g/mol. The van der Waals surface area contributed by atoms with E-state index in [1.54, 1.807) is 0 Å². The molecule has 0 spiro atoms. The first kappa shape index (κ1) is 58.5. The lowest BCUT2D eigenvalue weighted by Crippen LogP contribution is -2.61. The zero-order chi connectivity index (χ0) is 45.1. The van der Waals surface area contributed by atoms with Crippen LogP contribution in [0.3, 0.4) is 0 Å². The molecule has 0 aliphatic carbocycles. The Morgan fingerprint density at radius 3 is 1.52 bits per heavy atom. The highest BCUT2D eigenvalue weighted by molar-refractivity contribution is 6.06. The number of quaternary nitrogens is 1. The molecule has 2 unspecified atom stereocenters. The number of aliphatic carboxylic acids is 1. The minimum atomic E-state index is -2.05. The largest absolute Gasteiger partial charge is 0.479 e. The van der Waals surface area contributed by atoms with E-state index in [-0.39, 0.29) is 38.0 Å². The van der Waals surface area contributed by atoms with E-state index in [2.05, 4.69) is 62.6 Å². The normalized spacial score (nSPS) is 13.5. The molecule has 2 atom stereocenters. The van der Waals surface area contributed by atoms with E-state index >= 15 is 0 Å². The smallest absolute Gasteiger partial charge is 0.333 e. The van der Waals surface area contributed by atoms with Crippen molar-refractivity contribution in [3.05, 3.63) is 24.3 Å². The number of nitrogens with zero attached hydrogens (tertiary/aromatic N) is 2. The molecule has 8 N–H and O–H groups in total. The van der Waals surface area contributed by atoms with Gasteiger partial charge in [0.05, 0.1) is 33.8 Å². The summed E-state index contributed by atoms with van der Waals surface area (Å²) < 4.78 is 13.2. The summed E-state index contributed by atoms with van der Waals surface area (Å²) >= 11 is 0. The van der Waals surface area contributed by atoms with Gasteiger partial charge in [0.1, 0.15) is 12.6 Å². The number of carboxylic acid groups (broad SMARTS) is 1. The molecule has 0 aliphatic rings. The van der Waals surface area contributed by atoms with Gasteiger partial charge in [-0.1, -0.05) is 154 Å². The van der Waals surface area contributed by atoms with E-state index in [0.717, 1.165) is 25.9 Å². The highest BCUT2D eigenvalue weighted by atomic mass is 16.5. The molecule has 0 aromatic carbocycles. The van der Waals surface area contributed by atoms with Crippen LogP contribution in [0.2, 0.25) is 0 Å². The van der Waals surface area contributed by atoms with Crippen molar-refractivity contribution in [1.82, 2.24) is 5.32 Å². The van der Waals surface area contributed by atoms with Gasteiger partial charge in [-0.3, -0.25) is 9.79 Å². The average molecular weight is 864 g/mol. The van der Waals surface area contributed by atoms with Gasteiger partial charge in [-0.15, -0.1) is 0 Å². The highest BCUT2D eigenvalue weighted by Gasteiger charge is 2.41. The fourth-order valence-corrected chi connectivity index (χ4v) is 7.58. The van der Waals surface area contributed by atoms with Crippen LogP contribution in [0.1, 0.15) is 206 Å². The van der Waals surface area contributed by atoms with Crippen LogP contribution in [0.5, 0.6) is 0 Å². The van der Waals surface area contributed by atoms with Gasteiger partial charge in [0.25, 0.3) is 5.91 Å². The van der Waals surface area contributed by atoms with Crippen LogP contribution in [-0.2, 0) is 19.1 Å². The van der Waals surface area contributed by atoms with Crippen molar-refractivity contribution in [2.24, 2.45) is 22.2 Å². The summed E-state index contributed by atoms with van der Waals surface area (Å²) in [6, 6.07) is 0. The van der Waals surface area contributed by atoms with Gasteiger partial charge in [-0.2, -0.15) is 0 Å². The van der Waals surface area contributed by atoms with Gasteiger partial charge in [0.2, 0.25) is 0 Å². The van der Waals surface area contributed by atoms with Crippen LogP contribution >= 0.6 is 0 Å². The Hall–Kier alpha value is -2.47. The van der Waals surface area contributed by atoms with Crippen LogP contribution in [-0.4, -0.2) is 99.2 Å². The van der Waals surface area contributed by atoms with Crippen molar-refractivity contribution in [2.45, 2.75) is 218 Å². The standard InChI is InChI=1S/C50H98N6O5/c1-5-7-9-11-13-15-17-19-21-23-25-27-29-31-33-35-42-60-45-46(61-43-36-34-32-30-28-26-24-22-20-18-16-14-12-10-8-6-2)44-56(3,4)41-40-54-47(57)50(53,48(58)59)38-37-39-55-49(51)52/h19-22,46H,5-18,23-45,53H2,1-4H3,(H5-,51,52,54,55,57,58,59)/p+1/b21-19-,22-20-. The van der Waals surface area contributed by atoms with E-state index in [0.29, 0.717) is 30.8 Å². The van der Waals surface area contributed by atoms with Gasteiger partial charge >= 0.3 is 5.97 Å². The fourth-order valence-electron chi connectivity index (χ4n) is 7.58. The average Bonchev–Trinajstić information content (AvgIpc) is 3.22. The number of guanidine groups is 1. The molecule has 1 amide bonds. The number of unbranched alkanes of at least 4 members (excludes halogenated alkanes) is 24. The van der Waals surface area contributed by atoms with Gasteiger partial charge in [-0.25, -0.2) is 4.79 Å². The summed E-state index contributed by atoms with van der Waals surface area (Å²) in [6.07, 6.45) is 45.5. The van der Waals surface area contributed by atoms with Crippen LogP contribution in [0.15, 0.2) is 29.3 Å². The minimum absolute atomic E-state index is 0.0777. The Balaban J connectivity index is 4.64. The summed E-state index contributed by atoms with van der Waals surface area (Å²) in [5.41, 5.74) is 14.7. The third-order valence-corrected chi connectivity index (χ3v) is 11.6. The molecule has 0 rings (SSSR count). The second kappa shape index (κ2) is 41.5. The predicted molar refractivity (Wildman–Crippen MR) is 259 cm³/mol.